The van der Waals surface area contributed by atoms with E-state index >= 15 is 0 Å². The van der Waals surface area contributed by atoms with Crippen molar-refractivity contribution in [2.45, 2.75) is 39.3 Å². The van der Waals surface area contributed by atoms with Crippen LogP contribution in [-0.4, -0.2) is 18.4 Å². The molecule has 2 aromatic rings. The molecule has 29 heavy (non-hydrogen) atoms. The first-order valence-electron chi connectivity index (χ1n) is 9.13. The summed E-state index contributed by atoms with van der Waals surface area (Å²) in [6, 6.07) is 10.4. The highest BCUT2D eigenvalue weighted by atomic mass is 19.4. The summed E-state index contributed by atoms with van der Waals surface area (Å²) in [7, 11) is 0. The molecule has 0 aliphatic rings. The van der Waals surface area contributed by atoms with Crippen LogP contribution in [0.2, 0.25) is 0 Å². The second-order valence-electron chi connectivity index (χ2n) is 6.61. The molecule has 2 rings (SSSR count). The molecule has 2 N–H and O–H groups in total. The first-order chi connectivity index (χ1) is 13.6. The number of carbonyl (C=O) groups excluding carboxylic acids is 2. The Labute approximate surface area is 167 Å². The van der Waals surface area contributed by atoms with Crippen LogP contribution < -0.4 is 15.4 Å². The second kappa shape index (κ2) is 9.95. The van der Waals surface area contributed by atoms with Gasteiger partial charge in [0.15, 0.2) is 0 Å². The van der Waals surface area contributed by atoms with Gasteiger partial charge >= 0.3 is 6.18 Å². The van der Waals surface area contributed by atoms with Crippen molar-refractivity contribution < 1.29 is 27.5 Å². The Morgan fingerprint density at radius 3 is 2.41 bits per heavy atom. The zero-order valence-electron chi connectivity index (χ0n) is 16.2. The minimum absolute atomic E-state index is 0.0870. The lowest BCUT2D eigenvalue weighted by Crippen LogP contribution is -2.16. The number of benzene rings is 2. The maximum atomic E-state index is 12.9. The SMILES string of the molecule is CC(=O)Nc1ccc(C(F)(F)F)cc1NC(=O)CCCCOc1cccc(C)c1. The fraction of sp³-hybridized carbons (Fsp3) is 0.333. The van der Waals surface area contributed by atoms with Crippen molar-refractivity contribution in [3.8, 4) is 5.75 Å². The van der Waals surface area contributed by atoms with Crippen LogP contribution in [-0.2, 0) is 15.8 Å². The molecule has 0 heterocycles. The van der Waals surface area contributed by atoms with Gasteiger partial charge in [0, 0.05) is 13.3 Å². The Hall–Kier alpha value is -3.03. The molecule has 0 bridgehead atoms. The van der Waals surface area contributed by atoms with E-state index in [4.69, 9.17) is 4.74 Å². The summed E-state index contributed by atoms with van der Waals surface area (Å²) in [5.41, 5.74) is 0.198. The van der Waals surface area contributed by atoms with Crippen molar-refractivity contribution in [1.29, 1.82) is 0 Å². The van der Waals surface area contributed by atoms with E-state index in [-0.39, 0.29) is 17.8 Å². The van der Waals surface area contributed by atoms with Crippen LogP contribution in [0.3, 0.4) is 0 Å². The standard InChI is InChI=1S/C21H23F3N2O3/c1-14-6-5-7-17(12-14)29-11-4-3-8-20(28)26-19-13-16(21(22,23)24)9-10-18(19)25-15(2)27/h5-7,9-10,12-13H,3-4,8,11H2,1-2H3,(H,25,27)(H,26,28). The highest BCUT2D eigenvalue weighted by Crippen LogP contribution is 2.34. The lowest BCUT2D eigenvalue weighted by atomic mass is 10.1. The van der Waals surface area contributed by atoms with Crippen LogP contribution in [0.4, 0.5) is 24.5 Å². The van der Waals surface area contributed by atoms with Crippen molar-refractivity contribution in [3.05, 3.63) is 53.6 Å². The van der Waals surface area contributed by atoms with Crippen molar-refractivity contribution in [2.75, 3.05) is 17.2 Å². The molecule has 156 valence electrons. The Balaban J connectivity index is 1.89. The van der Waals surface area contributed by atoms with Crippen LogP contribution >= 0.6 is 0 Å². The maximum absolute atomic E-state index is 12.9. The van der Waals surface area contributed by atoms with E-state index in [1.165, 1.54) is 6.92 Å². The Bertz CT molecular complexity index is 866. The Morgan fingerprint density at radius 1 is 1.00 bits per heavy atom. The molecule has 5 nitrogen and oxygen atoms in total. The Morgan fingerprint density at radius 2 is 1.76 bits per heavy atom. The highest BCUT2D eigenvalue weighted by molar-refractivity contribution is 5.99. The number of anilines is 2. The van der Waals surface area contributed by atoms with Gasteiger partial charge in [-0.1, -0.05) is 12.1 Å². The van der Waals surface area contributed by atoms with Crippen molar-refractivity contribution in [2.24, 2.45) is 0 Å². The molecule has 0 atom stereocenters. The summed E-state index contributed by atoms with van der Waals surface area (Å²) in [5, 5.41) is 4.87. The van der Waals surface area contributed by atoms with Crippen LogP contribution in [0.25, 0.3) is 0 Å². The molecule has 0 unspecified atom stereocenters. The number of hydrogen-bond donors (Lipinski definition) is 2. The topological polar surface area (TPSA) is 67.4 Å². The van der Waals surface area contributed by atoms with Gasteiger partial charge < -0.3 is 15.4 Å². The zero-order chi connectivity index (χ0) is 21.4. The molecule has 0 spiro atoms. The third-order valence-electron chi connectivity index (χ3n) is 3.99. The number of rotatable bonds is 8. The molecular weight excluding hydrogens is 385 g/mol. The van der Waals surface area contributed by atoms with Gasteiger partial charge in [0.2, 0.25) is 11.8 Å². The first-order valence-corrected chi connectivity index (χ1v) is 9.13. The average molecular weight is 408 g/mol. The molecule has 2 aromatic carbocycles. The third-order valence-corrected chi connectivity index (χ3v) is 3.99. The maximum Gasteiger partial charge on any atom is 0.416 e. The predicted octanol–water partition coefficient (Wildman–Crippen LogP) is 5.16. The van der Waals surface area contributed by atoms with Gasteiger partial charge in [-0.3, -0.25) is 9.59 Å². The molecule has 0 fully saturated rings. The van der Waals surface area contributed by atoms with Crippen LogP contribution in [0.15, 0.2) is 42.5 Å². The number of halogens is 3. The summed E-state index contributed by atoms with van der Waals surface area (Å²) in [6.45, 7) is 3.62. The summed E-state index contributed by atoms with van der Waals surface area (Å²) in [5.74, 6) is -0.140. The van der Waals surface area contributed by atoms with Gasteiger partial charge in [0.05, 0.1) is 23.5 Å². The van der Waals surface area contributed by atoms with Crippen LogP contribution in [0, 0.1) is 6.92 Å². The van der Waals surface area contributed by atoms with E-state index in [0.29, 0.717) is 19.4 Å². The van der Waals surface area contributed by atoms with E-state index in [1.807, 2.05) is 31.2 Å². The largest absolute Gasteiger partial charge is 0.494 e. The minimum Gasteiger partial charge on any atom is -0.494 e. The molecule has 0 aliphatic heterocycles. The van der Waals surface area contributed by atoms with Gasteiger partial charge in [-0.15, -0.1) is 0 Å². The number of hydrogen-bond acceptors (Lipinski definition) is 3. The van der Waals surface area contributed by atoms with E-state index < -0.39 is 23.6 Å². The lowest BCUT2D eigenvalue weighted by Gasteiger charge is -2.15. The van der Waals surface area contributed by atoms with Crippen LogP contribution in [0.5, 0.6) is 5.75 Å². The summed E-state index contributed by atoms with van der Waals surface area (Å²) >= 11 is 0. The number of unbranched alkanes of at least 4 members (excludes halogenated alkanes) is 1. The number of carbonyl (C=O) groups is 2. The third kappa shape index (κ3) is 7.48. The number of ether oxygens (including phenoxy) is 1. The van der Waals surface area contributed by atoms with Gasteiger partial charge in [-0.2, -0.15) is 13.2 Å². The highest BCUT2D eigenvalue weighted by Gasteiger charge is 2.31. The quantitative estimate of drug-likeness (QED) is 0.593. The minimum atomic E-state index is -4.55. The number of alkyl halides is 3. The molecule has 0 radical (unpaired) electrons. The average Bonchev–Trinajstić information content (AvgIpc) is 2.61. The van der Waals surface area contributed by atoms with Crippen molar-refractivity contribution >= 4 is 23.2 Å². The van der Waals surface area contributed by atoms with Crippen molar-refractivity contribution in [3.63, 3.8) is 0 Å². The Kier molecular flexibility index (Phi) is 7.64. The molecule has 2 amide bonds. The molecule has 8 heteroatoms. The summed E-state index contributed by atoms with van der Waals surface area (Å²) < 4.78 is 44.4. The van der Waals surface area contributed by atoms with E-state index in [1.54, 1.807) is 0 Å². The molecule has 0 aromatic heterocycles. The lowest BCUT2D eigenvalue weighted by molar-refractivity contribution is -0.137. The van der Waals surface area contributed by atoms with E-state index in [0.717, 1.165) is 29.5 Å². The first kappa shape index (κ1) is 22.3. The number of amides is 2. The van der Waals surface area contributed by atoms with E-state index in [9.17, 15) is 22.8 Å². The zero-order valence-corrected chi connectivity index (χ0v) is 16.2. The molecule has 0 aliphatic carbocycles. The van der Waals surface area contributed by atoms with Crippen LogP contribution in [0.1, 0.15) is 37.3 Å². The van der Waals surface area contributed by atoms with Gasteiger partial charge in [0.25, 0.3) is 0 Å². The number of aryl methyl sites for hydroxylation is 1. The fourth-order valence-corrected chi connectivity index (χ4v) is 2.62. The molecule has 0 saturated carbocycles. The summed E-state index contributed by atoms with van der Waals surface area (Å²) in [4.78, 5) is 23.4. The monoisotopic (exact) mass is 408 g/mol. The number of nitrogens with one attached hydrogen (secondary N) is 2. The smallest absolute Gasteiger partial charge is 0.416 e. The van der Waals surface area contributed by atoms with Crippen molar-refractivity contribution in [1.82, 2.24) is 0 Å². The van der Waals surface area contributed by atoms with E-state index in [2.05, 4.69) is 10.6 Å². The fourth-order valence-electron chi connectivity index (χ4n) is 2.62. The molecule has 0 saturated heterocycles. The predicted molar refractivity (Wildman–Crippen MR) is 105 cm³/mol. The van der Waals surface area contributed by atoms with Gasteiger partial charge in [0.1, 0.15) is 5.75 Å². The normalized spacial score (nSPS) is 11.1. The van der Waals surface area contributed by atoms with Gasteiger partial charge in [-0.25, -0.2) is 0 Å². The van der Waals surface area contributed by atoms with Gasteiger partial charge in [-0.05, 0) is 55.7 Å². The summed E-state index contributed by atoms with van der Waals surface area (Å²) in [6.07, 6.45) is -3.32. The second-order valence-corrected chi connectivity index (χ2v) is 6.61. The molecular formula is C21H23F3N2O3.